The van der Waals surface area contributed by atoms with Crippen molar-refractivity contribution < 1.29 is 9.50 Å². The minimum atomic E-state index is -0.230. The van der Waals surface area contributed by atoms with Crippen LogP contribution in [0.3, 0.4) is 0 Å². The molecular weight excluding hydrogens is 205 g/mol. The van der Waals surface area contributed by atoms with Crippen molar-refractivity contribution in [3.05, 3.63) is 35.6 Å². The van der Waals surface area contributed by atoms with Crippen LogP contribution in [0.15, 0.2) is 24.3 Å². The predicted octanol–water partition coefficient (Wildman–Crippen LogP) is 2.03. The first kappa shape index (κ1) is 11.6. The van der Waals surface area contributed by atoms with Gasteiger partial charge in [0, 0.05) is 17.9 Å². The molecule has 2 rings (SSSR count). The van der Waals surface area contributed by atoms with Crippen molar-refractivity contribution in [3.63, 3.8) is 0 Å². The van der Waals surface area contributed by atoms with Crippen LogP contribution in [0.1, 0.15) is 30.7 Å². The molecule has 0 spiro atoms. The lowest BCUT2D eigenvalue weighted by molar-refractivity contribution is 0.0192. The molecule has 3 heteroatoms. The van der Waals surface area contributed by atoms with E-state index in [-0.39, 0.29) is 23.8 Å². The Morgan fingerprint density at radius 3 is 2.31 bits per heavy atom. The van der Waals surface area contributed by atoms with Gasteiger partial charge in [0.15, 0.2) is 0 Å². The summed E-state index contributed by atoms with van der Waals surface area (Å²) in [5, 5.41) is 9.52. The van der Waals surface area contributed by atoms with Gasteiger partial charge in [-0.1, -0.05) is 18.6 Å². The van der Waals surface area contributed by atoms with Gasteiger partial charge in [-0.15, -0.1) is 0 Å². The van der Waals surface area contributed by atoms with Crippen molar-refractivity contribution in [2.45, 2.75) is 25.2 Å². The molecule has 1 atom stereocenters. The Bertz CT molecular complexity index is 340. The summed E-state index contributed by atoms with van der Waals surface area (Å²) in [5.41, 5.74) is 6.79. The molecule has 1 fully saturated rings. The molecule has 0 heterocycles. The van der Waals surface area contributed by atoms with Gasteiger partial charge in [0.25, 0.3) is 0 Å². The fourth-order valence-corrected chi connectivity index (χ4v) is 2.68. The summed E-state index contributed by atoms with van der Waals surface area (Å²) >= 11 is 0. The van der Waals surface area contributed by atoms with Crippen LogP contribution in [0.2, 0.25) is 0 Å². The molecule has 0 saturated heterocycles. The van der Waals surface area contributed by atoms with Gasteiger partial charge in [0.1, 0.15) is 5.82 Å². The van der Waals surface area contributed by atoms with Gasteiger partial charge >= 0.3 is 0 Å². The highest BCUT2D eigenvalue weighted by molar-refractivity contribution is 5.24. The number of halogens is 1. The van der Waals surface area contributed by atoms with E-state index in [2.05, 4.69) is 0 Å². The lowest BCUT2D eigenvalue weighted by Gasteiger charge is -2.46. The quantitative estimate of drug-likeness (QED) is 0.820. The van der Waals surface area contributed by atoms with Crippen LogP contribution in [0.4, 0.5) is 4.39 Å². The highest BCUT2D eigenvalue weighted by atomic mass is 19.1. The molecule has 3 N–H and O–H groups in total. The number of hydrogen-bond acceptors (Lipinski definition) is 2. The van der Waals surface area contributed by atoms with E-state index in [4.69, 9.17) is 5.73 Å². The smallest absolute Gasteiger partial charge is 0.123 e. The Morgan fingerprint density at radius 1 is 1.31 bits per heavy atom. The maximum Gasteiger partial charge on any atom is 0.123 e. The zero-order chi connectivity index (χ0) is 11.6. The Kier molecular flexibility index (Phi) is 3.26. The third-order valence-corrected chi connectivity index (χ3v) is 3.91. The van der Waals surface area contributed by atoms with E-state index in [0.29, 0.717) is 6.54 Å². The second-order valence-electron chi connectivity index (χ2n) is 4.71. The number of aliphatic hydroxyl groups excluding tert-OH is 1. The molecule has 1 aromatic rings. The van der Waals surface area contributed by atoms with Crippen LogP contribution < -0.4 is 5.73 Å². The maximum absolute atomic E-state index is 12.8. The third-order valence-electron chi connectivity index (χ3n) is 3.91. The van der Waals surface area contributed by atoms with Crippen molar-refractivity contribution in [2.24, 2.45) is 11.1 Å². The summed E-state index contributed by atoms with van der Waals surface area (Å²) in [6.07, 6.45) is 3.18. The second kappa shape index (κ2) is 4.52. The number of aliphatic hydroxyl groups is 1. The van der Waals surface area contributed by atoms with Gasteiger partial charge in [0.05, 0.1) is 0 Å². The number of nitrogens with two attached hydrogens (primary N) is 1. The predicted molar refractivity (Wildman–Crippen MR) is 61.6 cm³/mol. The van der Waals surface area contributed by atoms with E-state index in [9.17, 15) is 9.50 Å². The van der Waals surface area contributed by atoms with Crippen molar-refractivity contribution >= 4 is 0 Å². The number of benzene rings is 1. The molecule has 0 aliphatic heterocycles. The summed E-state index contributed by atoms with van der Waals surface area (Å²) in [6, 6.07) is 6.48. The Hall–Kier alpha value is -0.930. The highest BCUT2D eigenvalue weighted by Gasteiger charge is 2.43. The van der Waals surface area contributed by atoms with Crippen molar-refractivity contribution in [1.29, 1.82) is 0 Å². The van der Waals surface area contributed by atoms with Gasteiger partial charge in [-0.3, -0.25) is 0 Å². The first-order chi connectivity index (χ1) is 7.72. The summed E-state index contributed by atoms with van der Waals surface area (Å²) in [5.74, 6) is -0.0852. The molecule has 0 amide bonds. The Balaban J connectivity index is 2.25. The first-order valence-electron chi connectivity index (χ1n) is 5.78. The molecule has 0 bridgehead atoms. The molecule has 16 heavy (non-hydrogen) atoms. The van der Waals surface area contributed by atoms with Crippen molar-refractivity contribution in [3.8, 4) is 0 Å². The maximum atomic E-state index is 12.8. The van der Waals surface area contributed by atoms with Crippen molar-refractivity contribution in [2.75, 3.05) is 13.2 Å². The zero-order valence-corrected chi connectivity index (χ0v) is 9.32. The van der Waals surface area contributed by atoms with E-state index in [1.165, 1.54) is 12.1 Å². The normalized spacial score (nSPS) is 20.2. The first-order valence-corrected chi connectivity index (χ1v) is 5.78. The van der Waals surface area contributed by atoms with Crippen LogP contribution in [-0.4, -0.2) is 18.3 Å². The van der Waals surface area contributed by atoms with Gasteiger partial charge in [-0.2, -0.15) is 0 Å². The van der Waals surface area contributed by atoms with E-state index < -0.39 is 0 Å². The lowest BCUT2D eigenvalue weighted by atomic mass is 9.60. The van der Waals surface area contributed by atoms with Gasteiger partial charge in [-0.05, 0) is 37.1 Å². The average Bonchev–Trinajstić information content (AvgIpc) is 2.25. The molecule has 1 aliphatic carbocycles. The summed E-state index contributed by atoms with van der Waals surface area (Å²) in [4.78, 5) is 0. The fourth-order valence-electron chi connectivity index (χ4n) is 2.68. The fraction of sp³-hybridized carbons (Fsp3) is 0.538. The summed E-state index contributed by atoms with van der Waals surface area (Å²) in [7, 11) is 0. The van der Waals surface area contributed by atoms with E-state index in [1.807, 2.05) is 0 Å². The topological polar surface area (TPSA) is 46.2 Å². The number of hydrogen-bond donors (Lipinski definition) is 2. The zero-order valence-electron chi connectivity index (χ0n) is 9.32. The molecule has 1 saturated carbocycles. The monoisotopic (exact) mass is 223 g/mol. The Labute approximate surface area is 95.3 Å². The molecule has 0 radical (unpaired) electrons. The minimum Gasteiger partial charge on any atom is -0.396 e. The van der Waals surface area contributed by atoms with Crippen LogP contribution in [0.5, 0.6) is 0 Å². The van der Waals surface area contributed by atoms with Gasteiger partial charge in [-0.25, -0.2) is 4.39 Å². The molecule has 2 nitrogen and oxygen atoms in total. The SMILES string of the molecule is NCC(c1ccc(F)cc1)C1(CO)CCC1. The van der Waals surface area contributed by atoms with Gasteiger partial charge in [0.2, 0.25) is 0 Å². The standard InChI is InChI=1S/C13H18FNO/c14-11-4-2-10(3-5-11)12(8-15)13(9-16)6-1-7-13/h2-5,12,16H,1,6-9,15H2. The van der Waals surface area contributed by atoms with Crippen LogP contribution in [-0.2, 0) is 0 Å². The molecule has 0 aromatic heterocycles. The molecular formula is C13H18FNO. The van der Waals surface area contributed by atoms with E-state index >= 15 is 0 Å². The largest absolute Gasteiger partial charge is 0.396 e. The molecule has 88 valence electrons. The van der Waals surface area contributed by atoms with E-state index in [0.717, 1.165) is 24.8 Å². The lowest BCUT2D eigenvalue weighted by Crippen LogP contribution is -2.42. The molecule has 1 aromatic carbocycles. The third kappa shape index (κ3) is 1.85. The summed E-state index contributed by atoms with van der Waals surface area (Å²) < 4.78 is 12.8. The van der Waals surface area contributed by atoms with Crippen molar-refractivity contribution in [1.82, 2.24) is 0 Å². The second-order valence-corrected chi connectivity index (χ2v) is 4.71. The molecule has 1 aliphatic rings. The van der Waals surface area contributed by atoms with Gasteiger partial charge < -0.3 is 10.8 Å². The van der Waals surface area contributed by atoms with E-state index in [1.54, 1.807) is 12.1 Å². The van der Waals surface area contributed by atoms with Crippen LogP contribution in [0, 0.1) is 11.2 Å². The van der Waals surface area contributed by atoms with Crippen LogP contribution >= 0.6 is 0 Å². The summed E-state index contributed by atoms with van der Waals surface area (Å²) in [6.45, 7) is 0.679. The number of rotatable bonds is 4. The molecule has 1 unspecified atom stereocenters. The Morgan fingerprint density at radius 2 is 1.94 bits per heavy atom. The minimum absolute atomic E-state index is 0.0629. The average molecular weight is 223 g/mol. The highest BCUT2D eigenvalue weighted by Crippen LogP contribution is 2.50. The van der Waals surface area contributed by atoms with Crippen LogP contribution in [0.25, 0.3) is 0 Å².